The number of nitrogens with one attached hydrogen (secondary N) is 1. The van der Waals surface area contributed by atoms with E-state index in [4.69, 9.17) is 0 Å². The SMILES string of the molecule is CCC(NCC1CCCC(C)C1)c1cccc(Br)c1. The molecule has 0 aliphatic heterocycles. The van der Waals surface area contributed by atoms with Crippen LogP contribution in [0.2, 0.25) is 0 Å². The summed E-state index contributed by atoms with van der Waals surface area (Å²) in [4.78, 5) is 0. The molecule has 0 bridgehead atoms. The number of benzene rings is 1. The van der Waals surface area contributed by atoms with Gasteiger partial charge in [-0.05, 0) is 55.3 Å². The molecule has 0 saturated heterocycles. The van der Waals surface area contributed by atoms with Crippen molar-refractivity contribution in [3.05, 3.63) is 34.3 Å². The molecule has 3 unspecified atom stereocenters. The molecule has 1 N–H and O–H groups in total. The van der Waals surface area contributed by atoms with E-state index < -0.39 is 0 Å². The molecule has 0 heterocycles. The van der Waals surface area contributed by atoms with Crippen molar-refractivity contribution in [3.63, 3.8) is 0 Å². The zero-order valence-corrected chi connectivity index (χ0v) is 13.7. The maximum atomic E-state index is 3.78. The molecular formula is C17H26BrN. The highest BCUT2D eigenvalue weighted by molar-refractivity contribution is 9.10. The predicted molar refractivity (Wildman–Crippen MR) is 86.3 cm³/mol. The van der Waals surface area contributed by atoms with E-state index in [1.54, 1.807) is 0 Å². The number of hydrogen-bond donors (Lipinski definition) is 1. The summed E-state index contributed by atoms with van der Waals surface area (Å²) < 4.78 is 1.18. The highest BCUT2D eigenvalue weighted by atomic mass is 79.9. The third-order valence-electron chi connectivity index (χ3n) is 4.36. The van der Waals surface area contributed by atoms with Gasteiger partial charge in [-0.3, -0.25) is 0 Å². The minimum Gasteiger partial charge on any atom is -0.310 e. The summed E-state index contributed by atoms with van der Waals surface area (Å²) in [5.74, 6) is 1.80. The lowest BCUT2D eigenvalue weighted by Crippen LogP contribution is -2.29. The molecule has 0 spiro atoms. The molecule has 0 radical (unpaired) electrons. The van der Waals surface area contributed by atoms with Gasteiger partial charge in [0.2, 0.25) is 0 Å². The van der Waals surface area contributed by atoms with Crippen molar-refractivity contribution in [2.75, 3.05) is 6.54 Å². The minimum absolute atomic E-state index is 0.495. The Morgan fingerprint density at radius 3 is 2.89 bits per heavy atom. The summed E-state index contributed by atoms with van der Waals surface area (Å²) in [6.45, 7) is 5.84. The Hall–Kier alpha value is -0.340. The summed E-state index contributed by atoms with van der Waals surface area (Å²) in [5.41, 5.74) is 1.40. The Balaban J connectivity index is 1.89. The van der Waals surface area contributed by atoms with E-state index >= 15 is 0 Å². The zero-order valence-electron chi connectivity index (χ0n) is 12.2. The van der Waals surface area contributed by atoms with Crippen LogP contribution >= 0.6 is 15.9 Å². The van der Waals surface area contributed by atoms with Gasteiger partial charge < -0.3 is 5.32 Å². The van der Waals surface area contributed by atoms with E-state index in [-0.39, 0.29) is 0 Å². The summed E-state index contributed by atoms with van der Waals surface area (Å²) >= 11 is 3.57. The van der Waals surface area contributed by atoms with E-state index in [9.17, 15) is 0 Å². The molecule has 1 aromatic carbocycles. The molecule has 1 fully saturated rings. The molecule has 0 amide bonds. The standard InChI is InChI=1S/C17H26BrN/c1-3-17(15-8-5-9-16(18)11-15)19-12-14-7-4-6-13(2)10-14/h5,8-9,11,13-14,17,19H,3-4,6-7,10,12H2,1-2H3. The van der Waals surface area contributed by atoms with Gasteiger partial charge in [-0.25, -0.2) is 0 Å². The quantitative estimate of drug-likeness (QED) is 0.773. The van der Waals surface area contributed by atoms with E-state index in [1.165, 1.54) is 42.3 Å². The summed E-state index contributed by atoms with van der Waals surface area (Å²) in [6.07, 6.45) is 6.81. The second kappa shape index (κ2) is 7.44. The Labute approximate surface area is 126 Å². The van der Waals surface area contributed by atoms with Crippen LogP contribution in [0.3, 0.4) is 0 Å². The van der Waals surface area contributed by atoms with Crippen LogP contribution in [0.5, 0.6) is 0 Å². The Morgan fingerprint density at radius 2 is 2.21 bits per heavy atom. The van der Waals surface area contributed by atoms with Gasteiger partial charge in [-0.1, -0.05) is 54.8 Å². The van der Waals surface area contributed by atoms with Gasteiger partial charge in [0.1, 0.15) is 0 Å². The van der Waals surface area contributed by atoms with Gasteiger partial charge in [0.15, 0.2) is 0 Å². The van der Waals surface area contributed by atoms with Crippen molar-refractivity contribution in [2.45, 2.75) is 52.0 Å². The largest absolute Gasteiger partial charge is 0.310 e. The molecule has 1 aliphatic rings. The Bertz CT molecular complexity index is 391. The summed E-state index contributed by atoms with van der Waals surface area (Å²) in [5, 5.41) is 3.78. The van der Waals surface area contributed by atoms with Crippen molar-refractivity contribution in [2.24, 2.45) is 11.8 Å². The van der Waals surface area contributed by atoms with Gasteiger partial charge in [0.25, 0.3) is 0 Å². The molecule has 106 valence electrons. The first-order valence-corrected chi connectivity index (χ1v) is 8.47. The minimum atomic E-state index is 0.495. The first kappa shape index (κ1) is 15.1. The third-order valence-corrected chi connectivity index (χ3v) is 4.85. The summed E-state index contributed by atoms with van der Waals surface area (Å²) in [7, 11) is 0. The highest BCUT2D eigenvalue weighted by Gasteiger charge is 2.19. The molecule has 1 aliphatic carbocycles. The molecule has 1 nitrogen and oxygen atoms in total. The van der Waals surface area contributed by atoms with Gasteiger partial charge in [0.05, 0.1) is 0 Å². The molecule has 1 saturated carbocycles. The van der Waals surface area contributed by atoms with Crippen LogP contribution in [0.1, 0.15) is 57.6 Å². The number of hydrogen-bond acceptors (Lipinski definition) is 1. The van der Waals surface area contributed by atoms with Crippen molar-refractivity contribution < 1.29 is 0 Å². The second-order valence-electron chi connectivity index (χ2n) is 6.06. The lowest BCUT2D eigenvalue weighted by molar-refractivity contribution is 0.266. The highest BCUT2D eigenvalue weighted by Crippen LogP contribution is 2.29. The van der Waals surface area contributed by atoms with E-state index in [0.717, 1.165) is 18.3 Å². The first-order chi connectivity index (χ1) is 9.19. The van der Waals surface area contributed by atoms with Gasteiger partial charge in [0, 0.05) is 10.5 Å². The maximum Gasteiger partial charge on any atom is 0.0318 e. The number of halogens is 1. The molecule has 19 heavy (non-hydrogen) atoms. The van der Waals surface area contributed by atoms with Crippen LogP contribution in [-0.2, 0) is 0 Å². The average Bonchev–Trinajstić information content (AvgIpc) is 2.40. The average molecular weight is 324 g/mol. The van der Waals surface area contributed by atoms with Crippen LogP contribution in [0.15, 0.2) is 28.7 Å². The van der Waals surface area contributed by atoms with Crippen LogP contribution in [0.25, 0.3) is 0 Å². The van der Waals surface area contributed by atoms with Crippen LogP contribution in [0.4, 0.5) is 0 Å². The molecule has 2 heteroatoms. The van der Waals surface area contributed by atoms with Crippen molar-refractivity contribution >= 4 is 15.9 Å². The Morgan fingerprint density at radius 1 is 1.37 bits per heavy atom. The third kappa shape index (κ3) is 4.61. The van der Waals surface area contributed by atoms with E-state index in [2.05, 4.69) is 59.4 Å². The molecule has 2 rings (SSSR count). The smallest absolute Gasteiger partial charge is 0.0318 e. The van der Waals surface area contributed by atoms with Crippen LogP contribution in [0, 0.1) is 11.8 Å². The van der Waals surface area contributed by atoms with Crippen LogP contribution < -0.4 is 5.32 Å². The predicted octanol–water partition coefficient (Wildman–Crippen LogP) is 5.32. The maximum absolute atomic E-state index is 3.78. The lowest BCUT2D eigenvalue weighted by atomic mass is 9.82. The fraction of sp³-hybridized carbons (Fsp3) is 0.647. The first-order valence-electron chi connectivity index (χ1n) is 7.68. The fourth-order valence-corrected chi connectivity index (χ4v) is 3.69. The molecule has 3 atom stereocenters. The van der Waals surface area contributed by atoms with Gasteiger partial charge >= 0.3 is 0 Å². The summed E-state index contributed by atoms with van der Waals surface area (Å²) in [6, 6.07) is 9.20. The van der Waals surface area contributed by atoms with E-state index in [1.807, 2.05) is 0 Å². The second-order valence-corrected chi connectivity index (χ2v) is 6.98. The zero-order chi connectivity index (χ0) is 13.7. The molecule has 1 aromatic rings. The Kier molecular flexibility index (Phi) is 5.90. The number of rotatable bonds is 5. The lowest BCUT2D eigenvalue weighted by Gasteiger charge is -2.29. The molecular weight excluding hydrogens is 298 g/mol. The van der Waals surface area contributed by atoms with Gasteiger partial charge in [-0.15, -0.1) is 0 Å². The van der Waals surface area contributed by atoms with Crippen molar-refractivity contribution in [3.8, 4) is 0 Å². The molecule has 0 aromatic heterocycles. The monoisotopic (exact) mass is 323 g/mol. The van der Waals surface area contributed by atoms with E-state index in [0.29, 0.717) is 6.04 Å². The topological polar surface area (TPSA) is 12.0 Å². The van der Waals surface area contributed by atoms with Crippen molar-refractivity contribution in [1.29, 1.82) is 0 Å². The van der Waals surface area contributed by atoms with Crippen LogP contribution in [-0.4, -0.2) is 6.54 Å². The normalized spacial score (nSPS) is 25.2. The fourth-order valence-electron chi connectivity index (χ4n) is 3.28. The van der Waals surface area contributed by atoms with Crippen molar-refractivity contribution in [1.82, 2.24) is 5.32 Å². The van der Waals surface area contributed by atoms with Gasteiger partial charge in [-0.2, -0.15) is 0 Å².